The third kappa shape index (κ3) is 3.32. The van der Waals surface area contributed by atoms with Crippen LogP contribution in [0.4, 0.5) is 5.69 Å². The molecule has 0 saturated carbocycles. The minimum Gasteiger partial charge on any atom is -0.508 e. The van der Waals surface area contributed by atoms with Crippen LogP contribution >= 0.6 is 34.8 Å². The molecule has 0 amide bonds. The van der Waals surface area contributed by atoms with Gasteiger partial charge < -0.3 is 10.2 Å². The van der Waals surface area contributed by atoms with Crippen molar-refractivity contribution < 1.29 is 10.2 Å². The van der Waals surface area contributed by atoms with Crippen molar-refractivity contribution in [2.45, 2.75) is 0 Å². The van der Waals surface area contributed by atoms with Gasteiger partial charge >= 0.3 is 0 Å². The largest absolute Gasteiger partial charge is 0.508 e. The molecule has 0 radical (unpaired) electrons. The maximum atomic E-state index is 9.61. The van der Waals surface area contributed by atoms with Crippen molar-refractivity contribution in [2.24, 2.45) is 4.99 Å². The lowest BCUT2D eigenvalue weighted by Gasteiger charge is -2.02. The Balaban J connectivity index is 2.35. The number of rotatable bonds is 2. The smallest absolute Gasteiger partial charge is 0.128 e. The minimum atomic E-state index is -0.0834. The van der Waals surface area contributed by atoms with Crippen molar-refractivity contribution in [1.29, 1.82) is 0 Å². The Morgan fingerprint density at radius 2 is 1.58 bits per heavy atom. The average molecular weight is 317 g/mol. The molecule has 98 valence electrons. The molecule has 0 aliphatic heterocycles. The van der Waals surface area contributed by atoms with Crippen LogP contribution in [0.15, 0.2) is 35.3 Å². The molecule has 2 aromatic rings. The molecular formula is C13H8Cl3NO2. The fourth-order valence-corrected chi connectivity index (χ4v) is 1.98. The van der Waals surface area contributed by atoms with Gasteiger partial charge in [0.1, 0.15) is 11.5 Å². The molecule has 6 heteroatoms. The zero-order chi connectivity index (χ0) is 14.0. The normalized spacial score (nSPS) is 11.1. The summed E-state index contributed by atoms with van der Waals surface area (Å²) in [5, 5.41) is 19.8. The van der Waals surface area contributed by atoms with Gasteiger partial charge in [-0.2, -0.15) is 0 Å². The van der Waals surface area contributed by atoms with E-state index in [9.17, 15) is 10.2 Å². The molecule has 0 aliphatic carbocycles. The van der Waals surface area contributed by atoms with Gasteiger partial charge in [0.05, 0.1) is 20.8 Å². The predicted molar refractivity (Wildman–Crippen MR) is 78.5 cm³/mol. The minimum absolute atomic E-state index is 0.0257. The molecule has 19 heavy (non-hydrogen) atoms. The summed E-state index contributed by atoms with van der Waals surface area (Å²) in [4.78, 5) is 4.13. The van der Waals surface area contributed by atoms with Crippen LogP contribution in [0.5, 0.6) is 11.5 Å². The van der Waals surface area contributed by atoms with Crippen LogP contribution in [0.3, 0.4) is 0 Å². The molecular weight excluding hydrogens is 309 g/mol. The Morgan fingerprint density at radius 1 is 0.895 bits per heavy atom. The van der Waals surface area contributed by atoms with E-state index < -0.39 is 0 Å². The lowest BCUT2D eigenvalue weighted by atomic mass is 10.2. The summed E-state index contributed by atoms with van der Waals surface area (Å²) in [5.74, 6) is -0.109. The van der Waals surface area contributed by atoms with E-state index in [1.165, 1.54) is 36.5 Å². The summed E-state index contributed by atoms with van der Waals surface area (Å²) in [6, 6.07) is 7.21. The molecule has 0 bridgehead atoms. The van der Waals surface area contributed by atoms with Crippen LogP contribution in [0, 0.1) is 0 Å². The SMILES string of the molecule is Oc1ccc(C=Nc2cc(Cl)c(Cl)cc2Cl)c(O)c1. The Morgan fingerprint density at radius 3 is 2.26 bits per heavy atom. The van der Waals surface area contributed by atoms with E-state index >= 15 is 0 Å². The molecule has 3 nitrogen and oxygen atoms in total. The van der Waals surface area contributed by atoms with Crippen LogP contribution in [0.1, 0.15) is 5.56 Å². The maximum Gasteiger partial charge on any atom is 0.128 e. The molecule has 0 aromatic heterocycles. The van der Waals surface area contributed by atoms with Crippen LogP contribution in [-0.2, 0) is 0 Å². The lowest BCUT2D eigenvalue weighted by molar-refractivity contribution is 0.450. The number of aromatic hydroxyl groups is 2. The van der Waals surface area contributed by atoms with Crippen LogP contribution in [0.25, 0.3) is 0 Å². The molecule has 0 aliphatic rings. The number of phenolic OH excluding ortho intramolecular Hbond substituents is 2. The molecule has 0 unspecified atom stereocenters. The highest BCUT2D eigenvalue weighted by Gasteiger charge is 2.05. The number of aliphatic imine (C=N–C) groups is 1. The summed E-state index contributed by atoms with van der Waals surface area (Å²) in [6.07, 6.45) is 1.42. The van der Waals surface area contributed by atoms with E-state index in [4.69, 9.17) is 34.8 Å². The molecule has 0 spiro atoms. The van der Waals surface area contributed by atoms with Crippen molar-refractivity contribution in [1.82, 2.24) is 0 Å². The van der Waals surface area contributed by atoms with Gasteiger partial charge in [-0.3, -0.25) is 4.99 Å². The first-order valence-corrected chi connectivity index (χ1v) is 6.31. The fraction of sp³-hybridized carbons (Fsp3) is 0. The Kier molecular flexibility index (Phi) is 4.20. The topological polar surface area (TPSA) is 52.8 Å². The van der Waals surface area contributed by atoms with E-state index in [-0.39, 0.29) is 11.5 Å². The lowest BCUT2D eigenvalue weighted by Crippen LogP contribution is -1.82. The molecule has 0 saturated heterocycles. The van der Waals surface area contributed by atoms with Crippen LogP contribution in [-0.4, -0.2) is 16.4 Å². The van der Waals surface area contributed by atoms with Gasteiger partial charge in [0.15, 0.2) is 0 Å². The van der Waals surface area contributed by atoms with Crippen LogP contribution in [0.2, 0.25) is 15.1 Å². The fourth-order valence-electron chi connectivity index (χ4n) is 1.39. The van der Waals surface area contributed by atoms with Gasteiger partial charge in [-0.25, -0.2) is 0 Å². The van der Waals surface area contributed by atoms with Crippen molar-refractivity contribution in [3.05, 3.63) is 51.0 Å². The maximum absolute atomic E-state index is 9.61. The van der Waals surface area contributed by atoms with Crippen LogP contribution < -0.4 is 0 Å². The quantitative estimate of drug-likeness (QED) is 0.617. The molecule has 2 aromatic carbocycles. The van der Waals surface area contributed by atoms with Gasteiger partial charge in [0, 0.05) is 17.8 Å². The van der Waals surface area contributed by atoms with E-state index in [2.05, 4.69) is 4.99 Å². The van der Waals surface area contributed by atoms with Gasteiger partial charge in [-0.1, -0.05) is 34.8 Å². The summed E-state index contributed by atoms with van der Waals surface area (Å²) in [7, 11) is 0. The monoisotopic (exact) mass is 315 g/mol. The van der Waals surface area contributed by atoms with E-state index in [1.54, 1.807) is 0 Å². The summed E-state index contributed by atoms with van der Waals surface area (Å²) in [6.45, 7) is 0. The van der Waals surface area contributed by atoms with E-state index in [0.717, 1.165) is 0 Å². The standard InChI is InChI=1S/C13H8Cl3NO2/c14-9-4-11(16)12(5-10(9)15)17-6-7-1-2-8(18)3-13(7)19/h1-6,18-19H. The molecule has 0 fully saturated rings. The Hall–Kier alpha value is -1.42. The highest BCUT2D eigenvalue weighted by Crippen LogP contribution is 2.34. The number of halogens is 3. The summed E-state index contributed by atoms with van der Waals surface area (Å²) >= 11 is 17.7. The highest BCUT2D eigenvalue weighted by molar-refractivity contribution is 6.43. The van der Waals surface area contributed by atoms with E-state index in [0.29, 0.717) is 26.3 Å². The summed E-state index contributed by atoms with van der Waals surface area (Å²) in [5.41, 5.74) is 0.878. The third-order valence-corrected chi connectivity index (χ3v) is 3.37. The first-order chi connectivity index (χ1) is 8.97. The van der Waals surface area contributed by atoms with Gasteiger partial charge in [0.2, 0.25) is 0 Å². The molecule has 0 atom stereocenters. The second-order valence-electron chi connectivity index (χ2n) is 3.72. The zero-order valence-electron chi connectivity index (χ0n) is 9.44. The van der Waals surface area contributed by atoms with Gasteiger partial charge in [-0.15, -0.1) is 0 Å². The number of phenols is 2. The van der Waals surface area contributed by atoms with Crippen molar-refractivity contribution in [3.63, 3.8) is 0 Å². The Bertz CT molecular complexity index is 657. The first-order valence-electron chi connectivity index (χ1n) is 5.18. The second-order valence-corrected chi connectivity index (χ2v) is 4.94. The van der Waals surface area contributed by atoms with Gasteiger partial charge in [0.25, 0.3) is 0 Å². The van der Waals surface area contributed by atoms with Crippen molar-refractivity contribution in [2.75, 3.05) is 0 Å². The third-order valence-electron chi connectivity index (χ3n) is 2.35. The molecule has 2 N–H and O–H groups in total. The molecule has 2 rings (SSSR count). The number of benzene rings is 2. The van der Waals surface area contributed by atoms with Crippen molar-refractivity contribution in [3.8, 4) is 11.5 Å². The predicted octanol–water partition coefficient (Wildman–Crippen LogP) is 4.81. The first kappa shape index (κ1) is 14.0. The van der Waals surface area contributed by atoms with Gasteiger partial charge in [-0.05, 0) is 24.3 Å². The number of hydrogen-bond donors (Lipinski definition) is 2. The number of nitrogens with zero attached hydrogens (tertiary/aromatic N) is 1. The molecule has 0 heterocycles. The average Bonchev–Trinajstić information content (AvgIpc) is 2.34. The van der Waals surface area contributed by atoms with E-state index in [1.807, 2.05) is 0 Å². The number of hydrogen-bond acceptors (Lipinski definition) is 3. The second kappa shape index (κ2) is 5.70. The highest BCUT2D eigenvalue weighted by atomic mass is 35.5. The van der Waals surface area contributed by atoms with Crippen molar-refractivity contribution >= 4 is 46.7 Å². The summed E-state index contributed by atoms with van der Waals surface area (Å²) < 4.78 is 0. The zero-order valence-corrected chi connectivity index (χ0v) is 11.7. The Labute approximate surface area is 124 Å².